The van der Waals surface area contributed by atoms with Crippen LogP contribution in [-0.2, 0) is 0 Å². The van der Waals surface area contributed by atoms with Crippen molar-refractivity contribution in [3.05, 3.63) is 21.4 Å². The maximum absolute atomic E-state index is 11.8. The van der Waals surface area contributed by atoms with E-state index in [9.17, 15) is 13.2 Å². The Morgan fingerprint density at radius 3 is 2.21 bits per heavy atom. The van der Waals surface area contributed by atoms with E-state index < -0.39 is 17.3 Å². The van der Waals surface area contributed by atoms with Gasteiger partial charge >= 0.3 is 6.36 Å². The third-order valence-electron chi connectivity index (χ3n) is 1.07. The molecule has 0 aliphatic heterocycles. The van der Waals surface area contributed by atoms with Crippen molar-refractivity contribution in [3.8, 4) is 5.75 Å². The minimum absolute atomic E-state index is 0.116. The number of halogens is 6. The fourth-order valence-electron chi connectivity index (χ4n) is 0.652. The van der Waals surface area contributed by atoms with Gasteiger partial charge in [0.2, 0.25) is 0 Å². The Balaban J connectivity index is 3.09. The lowest BCUT2D eigenvalue weighted by atomic mass is 10.4. The Hall–Kier alpha value is -0.390. The Bertz CT molecular complexity index is 332. The summed E-state index contributed by atoms with van der Waals surface area (Å²) >= 11 is 16.1. The zero-order chi connectivity index (χ0) is 10.9. The van der Waals surface area contributed by atoms with Gasteiger partial charge < -0.3 is 4.74 Å². The van der Waals surface area contributed by atoms with Gasteiger partial charge in [0.15, 0.2) is 10.9 Å². The summed E-state index contributed by atoms with van der Waals surface area (Å²) in [5, 5.41) is -1.01. The number of ether oxygens (including phenoxy) is 1. The number of pyridine rings is 1. The molecule has 14 heavy (non-hydrogen) atoms. The standard InChI is InChI=1S/C6HCl3F3NO/c7-2-1-3(8)13-5(9)4(2)14-6(10,11)12/h1H. The third kappa shape index (κ3) is 3.08. The summed E-state index contributed by atoms with van der Waals surface area (Å²) in [6, 6.07) is 0.996. The van der Waals surface area contributed by atoms with Gasteiger partial charge in [0.05, 0.1) is 5.02 Å². The molecule has 78 valence electrons. The molecule has 0 aromatic carbocycles. The number of aromatic nitrogens is 1. The van der Waals surface area contributed by atoms with E-state index in [4.69, 9.17) is 34.8 Å². The first-order valence-electron chi connectivity index (χ1n) is 3.07. The summed E-state index contributed by atoms with van der Waals surface area (Å²) in [6.07, 6.45) is -4.87. The van der Waals surface area contributed by atoms with E-state index in [2.05, 4.69) is 9.72 Å². The molecule has 1 rings (SSSR count). The smallest absolute Gasteiger partial charge is 0.401 e. The molecule has 0 N–H and O–H groups in total. The molecule has 0 saturated carbocycles. The van der Waals surface area contributed by atoms with E-state index in [0.29, 0.717) is 0 Å². The summed E-state index contributed by atoms with van der Waals surface area (Å²) in [5.41, 5.74) is 0. The molecule has 0 saturated heterocycles. The van der Waals surface area contributed by atoms with Crippen LogP contribution in [0.3, 0.4) is 0 Å². The molecule has 0 aliphatic carbocycles. The Morgan fingerprint density at radius 2 is 1.79 bits per heavy atom. The van der Waals surface area contributed by atoms with E-state index in [1.807, 2.05) is 0 Å². The van der Waals surface area contributed by atoms with Crippen LogP contribution in [0.4, 0.5) is 13.2 Å². The number of rotatable bonds is 1. The normalized spacial score (nSPS) is 11.6. The zero-order valence-corrected chi connectivity index (χ0v) is 8.47. The van der Waals surface area contributed by atoms with E-state index >= 15 is 0 Å². The number of alkyl halides is 3. The second kappa shape index (κ2) is 4.00. The largest absolute Gasteiger partial charge is 0.573 e. The van der Waals surface area contributed by atoms with Crippen LogP contribution in [0.2, 0.25) is 15.3 Å². The van der Waals surface area contributed by atoms with Crippen molar-refractivity contribution in [2.24, 2.45) is 0 Å². The molecule has 1 aromatic heterocycles. The van der Waals surface area contributed by atoms with Gasteiger partial charge in [-0.2, -0.15) is 0 Å². The third-order valence-corrected chi connectivity index (χ3v) is 1.80. The van der Waals surface area contributed by atoms with Gasteiger partial charge in [0.1, 0.15) is 5.15 Å². The second-order valence-electron chi connectivity index (χ2n) is 2.09. The molecule has 0 fully saturated rings. The van der Waals surface area contributed by atoms with Crippen molar-refractivity contribution in [2.75, 3.05) is 0 Å². The average Bonchev–Trinajstić information content (AvgIpc) is 1.95. The number of hydrogen-bond donors (Lipinski definition) is 0. The molecule has 2 nitrogen and oxygen atoms in total. The fourth-order valence-corrected chi connectivity index (χ4v) is 1.46. The van der Waals surface area contributed by atoms with Crippen LogP contribution < -0.4 is 4.74 Å². The van der Waals surface area contributed by atoms with Crippen molar-refractivity contribution in [3.63, 3.8) is 0 Å². The lowest BCUT2D eigenvalue weighted by Gasteiger charge is -2.11. The molecule has 0 bridgehead atoms. The van der Waals surface area contributed by atoms with Gasteiger partial charge in [0.25, 0.3) is 0 Å². The highest BCUT2D eigenvalue weighted by molar-refractivity contribution is 6.38. The van der Waals surface area contributed by atoms with E-state index in [0.717, 1.165) is 6.07 Å². The van der Waals surface area contributed by atoms with Crippen LogP contribution in [-0.4, -0.2) is 11.3 Å². The molecular weight excluding hydrogens is 265 g/mol. The van der Waals surface area contributed by atoms with Crippen molar-refractivity contribution in [1.82, 2.24) is 4.98 Å². The summed E-state index contributed by atoms with van der Waals surface area (Å²) in [4.78, 5) is 3.34. The highest BCUT2D eigenvalue weighted by Gasteiger charge is 2.33. The van der Waals surface area contributed by atoms with Crippen LogP contribution in [0.15, 0.2) is 6.07 Å². The van der Waals surface area contributed by atoms with Crippen molar-refractivity contribution >= 4 is 34.8 Å². The fraction of sp³-hybridized carbons (Fsp3) is 0.167. The van der Waals surface area contributed by atoms with Gasteiger partial charge in [0, 0.05) is 0 Å². The van der Waals surface area contributed by atoms with E-state index in [1.54, 1.807) is 0 Å². The van der Waals surface area contributed by atoms with Gasteiger partial charge in [-0.25, -0.2) is 4.98 Å². The van der Waals surface area contributed by atoms with Crippen molar-refractivity contribution in [2.45, 2.75) is 6.36 Å². The van der Waals surface area contributed by atoms with Crippen LogP contribution in [0.5, 0.6) is 5.75 Å². The molecule has 0 amide bonds. The molecular formula is C6HCl3F3NO. The molecule has 0 aliphatic rings. The summed E-state index contributed by atoms with van der Waals surface area (Å²) < 4.78 is 38.9. The van der Waals surface area contributed by atoms with Crippen LogP contribution in [0.25, 0.3) is 0 Å². The Labute approximate surface area is 91.5 Å². The molecule has 0 atom stereocenters. The lowest BCUT2D eigenvalue weighted by molar-refractivity contribution is -0.274. The summed E-state index contributed by atoms with van der Waals surface area (Å²) in [6.45, 7) is 0. The average molecular weight is 266 g/mol. The second-order valence-corrected chi connectivity index (χ2v) is 3.25. The highest BCUT2D eigenvalue weighted by atomic mass is 35.5. The molecule has 1 aromatic rings. The maximum Gasteiger partial charge on any atom is 0.573 e. The SMILES string of the molecule is FC(F)(F)Oc1c(Cl)cc(Cl)nc1Cl. The Morgan fingerprint density at radius 1 is 1.21 bits per heavy atom. The first-order valence-corrected chi connectivity index (χ1v) is 4.20. The first-order chi connectivity index (χ1) is 6.29. The molecule has 0 unspecified atom stereocenters. The molecule has 0 radical (unpaired) electrons. The summed E-state index contributed by atoms with van der Waals surface area (Å²) in [7, 11) is 0. The predicted octanol–water partition coefficient (Wildman–Crippen LogP) is 3.94. The zero-order valence-electron chi connectivity index (χ0n) is 6.20. The van der Waals surface area contributed by atoms with Crippen LogP contribution in [0.1, 0.15) is 0 Å². The molecule has 8 heteroatoms. The summed E-state index contributed by atoms with van der Waals surface area (Å²) in [5.74, 6) is -0.759. The van der Waals surface area contributed by atoms with Crippen molar-refractivity contribution in [1.29, 1.82) is 0 Å². The topological polar surface area (TPSA) is 22.1 Å². The number of nitrogens with zero attached hydrogens (tertiary/aromatic N) is 1. The van der Waals surface area contributed by atoms with Gasteiger partial charge in [-0.05, 0) is 6.07 Å². The highest BCUT2D eigenvalue weighted by Crippen LogP contribution is 2.36. The molecule has 0 spiro atoms. The van der Waals surface area contributed by atoms with Crippen molar-refractivity contribution < 1.29 is 17.9 Å². The predicted molar refractivity (Wildman–Crippen MR) is 46.0 cm³/mol. The van der Waals surface area contributed by atoms with Gasteiger partial charge in [-0.1, -0.05) is 34.8 Å². The maximum atomic E-state index is 11.8. The lowest BCUT2D eigenvalue weighted by Crippen LogP contribution is -2.17. The van der Waals surface area contributed by atoms with Gasteiger partial charge in [-0.3, -0.25) is 0 Å². The molecule has 1 heterocycles. The monoisotopic (exact) mass is 265 g/mol. The van der Waals surface area contributed by atoms with Crippen LogP contribution >= 0.6 is 34.8 Å². The minimum Gasteiger partial charge on any atom is -0.401 e. The quantitative estimate of drug-likeness (QED) is 0.718. The van der Waals surface area contributed by atoms with E-state index in [1.165, 1.54) is 0 Å². The Kier molecular flexibility index (Phi) is 3.34. The van der Waals surface area contributed by atoms with E-state index in [-0.39, 0.29) is 10.2 Å². The minimum atomic E-state index is -4.87. The van der Waals surface area contributed by atoms with Gasteiger partial charge in [-0.15, -0.1) is 13.2 Å². The first kappa shape index (κ1) is 11.7. The number of hydrogen-bond acceptors (Lipinski definition) is 2. The van der Waals surface area contributed by atoms with Crippen LogP contribution in [0, 0.1) is 0 Å².